The molecule has 1 fully saturated rings. The first-order valence-corrected chi connectivity index (χ1v) is 9.03. The minimum absolute atomic E-state index is 0.157. The van der Waals surface area contributed by atoms with Gasteiger partial charge in [-0.25, -0.2) is 0 Å². The molecule has 4 rings (SSSR count). The first-order chi connectivity index (χ1) is 12.6. The maximum atomic E-state index is 11.9. The van der Waals surface area contributed by atoms with E-state index in [0.29, 0.717) is 13.0 Å². The highest BCUT2D eigenvalue weighted by atomic mass is 16.4. The van der Waals surface area contributed by atoms with Crippen molar-refractivity contribution in [3.05, 3.63) is 65.2 Å². The third kappa shape index (κ3) is 3.43. The van der Waals surface area contributed by atoms with Crippen molar-refractivity contribution in [1.29, 1.82) is 0 Å². The van der Waals surface area contributed by atoms with E-state index in [1.165, 1.54) is 16.8 Å². The molecule has 0 spiro atoms. The van der Waals surface area contributed by atoms with Crippen LogP contribution in [-0.2, 0) is 29.1 Å². The molecule has 2 aliphatic rings. The van der Waals surface area contributed by atoms with Crippen LogP contribution in [0.5, 0.6) is 0 Å². The molecule has 0 aromatic heterocycles. The van der Waals surface area contributed by atoms with E-state index < -0.39 is 11.9 Å². The number of aliphatic carboxylic acids is 1. The molecule has 134 valence electrons. The molecular formula is C21H22N2O3. The number of hydrogen-bond acceptors (Lipinski definition) is 3. The van der Waals surface area contributed by atoms with E-state index in [-0.39, 0.29) is 11.8 Å². The Morgan fingerprint density at radius 2 is 1.77 bits per heavy atom. The molecule has 1 aliphatic heterocycles. The van der Waals surface area contributed by atoms with Crippen molar-refractivity contribution in [3.63, 3.8) is 0 Å². The summed E-state index contributed by atoms with van der Waals surface area (Å²) in [6.07, 6.45) is 1.55. The van der Waals surface area contributed by atoms with Gasteiger partial charge in [0.1, 0.15) is 0 Å². The van der Waals surface area contributed by atoms with Gasteiger partial charge in [0, 0.05) is 25.3 Å². The van der Waals surface area contributed by atoms with E-state index in [1.54, 1.807) is 0 Å². The van der Waals surface area contributed by atoms with Gasteiger partial charge in [-0.2, -0.15) is 0 Å². The molecule has 0 bridgehead atoms. The summed E-state index contributed by atoms with van der Waals surface area (Å²) in [6, 6.07) is 16.8. The van der Waals surface area contributed by atoms with Crippen molar-refractivity contribution in [2.75, 3.05) is 11.4 Å². The van der Waals surface area contributed by atoms with Gasteiger partial charge < -0.3 is 15.3 Å². The van der Waals surface area contributed by atoms with Crippen LogP contribution in [0.4, 0.5) is 5.69 Å². The molecule has 0 saturated heterocycles. The van der Waals surface area contributed by atoms with Gasteiger partial charge in [0.2, 0.25) is 5.91 Å². The van der Waals surface area contributed by atoms with Gasteiger partial charge in [-0.3, -0.25) is 9.59 Å². The van der Waals surface area contributed by atoms with Crippen molar-refractivity contribution >= 4 is 17.6 Å². The quantitative estimate of drug-likeness (QED) is 0.840. The van der Waals surface area contributed by atoms with Gasteiger partial charge in [0.15, 0.2) is 0 Å². The Labute approximate surface area is 152 Å². The Hall–Kier alpha value is -2.82. The lowest BCUT2D eigenvalue weighted by atomic mass is 10.1. The fourth-order valence-corrected chi connectivity index (χ4v) is 3.63. The highest BCUT2D eigenvalue weighted by molar-refractivity contribution is 5.89. The van der Waals surface area contributed by atoms with E-state index in [0.717, 1.165) is 25.1 Å². The number of nitrogens with one attached hydrogen (secondary N) is 1. The fraction of sp³-hybridized carbons (Fsp3) is 0.333. The van der Waals surface area contributed by atoms with Gasteiger partial charge in [-0.1, -0.05) is 42.5 Å². The van der Waals surface area contributed by atoms with Crippen molar-refractivity contribution in [2.45, 2.75) is 25.9 Å². The van der Waals surface area contributed by atoms with E-state index in [2.05, 4.69) is 46.6 Å². The van der Waals surface area contributed by atoms with Gasteiger partial charge in [-0.15, -0.1) is 0 Å². The summed E-state index contributed by atoms with van der Waals surface area (Å²) in [5.74, 6) is -1.89. The summed E-state index contributed by atoms with van der Waals surface area (Å²) < 4.78 is 0. The molecule has 1 aliphatic carbocycles. The maximum Gasteiger partial charge on any atom is 0.307 e. The summed E-state index contributed by atoms with van der Waals surface area (Å²) in [5, 5.41) is 11.7. The number of nitrogens with zero attached hydrogens (tertiary/aromatic N) is 1. The average molecular weight is 350 g/mol. The molecule has 2 atom stereocenters. The Bertz CT molecular complexity index is 831. The van der Waals surface area contributed by atoms with E-state index in [9.17, 15) is 9.59 Å². The van der Waals surface area contributed by atoms with Crippen LogP contribution in [0.3, 0.4) is 0 Å². The molecular weight excluding hydrogens is 328 g/mol. The highest BCUT2D eigenvalue weighted by Gasteiger charge is 2.48. The molecule has 2 aromatic carbocycles. The van der Waals surface area contributed by atoms with Crippen LogP contribution in [0.1, 0.15) is 23.1 Å². The molecule has 0 radical (unpaired) electrons. The summed E-state index contributed by atoms with van der Waals surface area (Å²) in [5.41, 5.74) is 4.99. The molecule has 2 aromatic rings. The molecule has 2 unspecified atom stereocenters. The number of carboxylic acids is 1. The minimum atomic E-state index is -0.877. The van der Waals surface area contributed by atoms with Gasteiger partial charge in [-0.05, 0) is 35.6 Å². The number of para-hydroxylation sites is 1. The number of carbonyl (C=O) groups excluding carboxylic acids is 1. The second-order valence-corrected chi connectivity index (χ2v) is 7.12. The average Bonchev–Trinajstić information content (AvgIpc) is 3.37. The number of benzene rings is 2. The molecule has 1 saturated carbocycles. The zero-order valence-electron chi connectivity index (χ0n) is 14.5. The predicted octanol–water partition coefficient (Wildman–Crippen LogP) is 2.59. The lowest BCUT2D eigenvalue weighted by molar-refractivity contribution is -0.140. The lowest BCUT2D eigenvalue weighted by Crippen LogP contribution is -2.26. The fourth-order valence-electron chi connectivity index (χ4n) is 3.63. The smallest absolute Gasteiger partial charge is 0.307 e. The zero-order valence-corrected chi connectivity index (χ0v) is 14.5. The van der Waals surface area contributed by atoms with Crippen molar-refractivity contribution < 1.29 is 14.7 Å². The number of hydrogen-bond donors (Lipinski definition) is 2. The van der Waals surface area contributed by atoms with Gasteiger partial charge in [0.05, 0.1) is 11.8 Å². The Morgan fingerprint density at radius 3 is 2.50 bits per heavy atom. The Morgan fingerprint density at radius 1 is 1.04 bits per heavy atom. The third-order valence-electron chi connectivity index (χ3n) is 5.29. The molecule has 5 heteroatoms. The highest BCUT2D eigenvalue weighted by Crippen LogP contribution is 2.38. The van der Waals surface area contributed by atoms with Crippen LogP contribution in [0.2, 0.25) is 0 Å². The van der Waals surface area contributed by atoms with Gasteiger partial charge >= 0.3 is 5.97 Å². The topological polar surface area (TPSA) is 69.6 Å². The Balaban J connectivity index is 1.30. The standard InChI is InChI=1S/C21H22N2O3/c24-20(17-11-18(17)21(25)26)22-12-14-5-7-15(8-6-14)13-23-10-9-16-3-1-2-4-19(16)23/h1-8,17-18H,9-13H2,(H,22,24)(H,25,26). The number of carboxylic acid groups (broad SMARTS) is 1. The van der Waals surface area contributed by atoms with Crippen LogP contribution in [0.25, 0.3) is 0 Å². The SMILES string of the molecule is O=C(O)C1CC1C(=O)NCc1ccc(CN2CCc3ccccc32)cc1. The molecule has 26 heavy (non-hydrogen) atoms. The van der Waals surface area contributed by atoms with E-state index in [1.807, 2.05) is 12.1 Å². The van der Waals surface area contributed by atoms with Crippen LogP contribution >= 0.6 is 0 Å². The van der Waals surface area contributed by atoms with Crippen molar-refractivity contribution in [1.82, 2.24) is 5.32 Å². The molecule has 2 N–H and O–H groups in total. The number of rotatable bonds is 6. The van der Waals surface area contributed by atoms with Crippen LogP contribution in [0.15, 0.2) is 48.5 Å². The van der Waals surface area contributed by atoms with Crippen molar-refractivity contribution in [3.8, 4) is 0 Å². The van der Waals surface area contributed by atoms with E-state index >= 15 is 0 Å². The lowest BCUT2D eigenvalue weighted by Gasteiger charge is -2.19. The monoisotopic (exact) mass is 350 g/mol. The van der Waals surface area contributed by atoms with Crippen LogP contribution in [0, 0.1) is 11.8 Å². The second kappa shape index (κ2) is 6.83. The number of amides is 1. The first kappa shape index (κ1) is 16.6. The second-order valence-electron chi connectivity index (χ2n) is 7.12. The normalized spacial score (nSPS) is 20.5. The van der Waals surface area contributed by atoms with Crippen LogP contribution in [-0.4, -0.2) is 23.5 Å². The summed E-state index contributed by atoms with van der Waals surface area (Å²) in [7, 11) is 0. The van der Waals surface area contributed by atoms with Crippen LogP contribution < -0.4 is 10.2 Å². The molecule has 1 heterocycles. The van der Waals surface area contributed by atoms with E-state index in [4.69, 9.17) is 5.11 Å². The zero-order chi connectivity index (χ0) is 18.1. The Kier molecular flexibility index (Phi) is 4.37. The largest absolute Gasteiger partial charge is 0.481 e. The molecule has 5 nitrogen and oxygen atoms in total. The summed E-state index contributed by atoms with van der Waals surface area (Å²) in [4.78, 5) is 25.1. The van der Waals surface area contributed by atoms with Gasteiger partial charge in [0.25, 0.3) is 0 Å². The summed E-state index contributed by atoms with van der Waals surface area (Å²) in [6.45, 7) is 2.36. The number of fused-ring (bicyclic) bond motifs is 1. The maximum absolute atomic E-state index is 11.9. The third-order valence-corrected chi connectivity index (χ3v) is 5.29. The molecule has 1 amide bonds. The van der Waals surface area contributed by atoms with Crippen molar-refractivity contribution in [2.24, 2.45) is 11.8 Å². The predicted molar refractivity (Wildman–Crippen MR) is 98.7 cm³/mol. The number of carbonyl (C=O) groups is 2. The summed E-state index contributed by atoms with van der Waals surface area (Å²) >= 11 is 0. The first-order valence-electron chi connectivity index (χ1n) is 9.03. The minimum Gasteiger partial charge on any atom is -0.481 e. The number of anilines is 1.